The largest absolute Gasteiger partial charge is 0.493 e. The average molecular weight is 290 g/mol. The van der Waals surface area contributed by atoms with Crippen LogP contribution in [0.3, 0.4) is 0 Å². The van der Waals surface area contributed by atoms with Crippen LogP contribution < -0.4 is 15.2 Å². The predicted molar refractivity (Wildman–Crippen MR) is 80.7 cm³/mol. The van der Waals surface area contributed by atoms with Crippen LogP contribution in [0.25, 0.3) is 0 Å². The standard InChI is InChI=1S/C16H16ClNO2/c17-14-3-2-13(18)10-16(14)20-7-5-11-1-4-15-12(9-11)6-8-19-15/h1-4,9-10H,5-8,18H2. The van der Waals surface area contributed by atoms with Crippen molar-refractivity contribution in [3.63, 3.8) is 0 Å². The first-order valence-electron chi connectivity index (χ1n) is 6.65. The molecule has 0 fully saturated rings. The molecule has 2 aromatic rings. The Morgan fingerprint density at radius 1 is 1.20 bits per heavy atom. The predicted octanol–water partition coefficient (Wildman–Crippen LogP) is 3.48. The fourth-order valence-corrected chi connectivity index (χ4v) is 2.48. The Kier molecular flexibility index (Phi) is 3.70. The molecule has 0 radical (unpaired) electrons. The molecule has 3 rings (SSSR count). The zero-order valence-electron chi connectivity index (χ0n) is 11.1. The topological polar surface area (TPSA) is 44.5 Å². The molecule has 1 aliphatic rings. The van der Waals surface area contributed by atoms with Crippen molar-refractivity contribution < 1.29 is 9.47 Å². The van der Waals surface area contributed by atoms with Crippen molar-refractivity contribution >= 4 is 17.3 Å². The fraction of sp³-hybridized carbons (Fsp3) is 0.250. The van der Waals surface area contributed by atoms with Gasteiger partial charge in [0.25, 0.3) is 0 Å². The third-order valence-corrected chi connectivity index (χ3v) is 3.67. The number of halogens is 1. The van der Waals surface area contributed by atoms with Crippen molar-refractivity contribution in [2.75, 3.05) is 18.9 Å². The van der Waals surface area contributed by atoms with Gasteiger partial charge in [0.05, 0.1) is 18.2 Å². The van der Waals surface area contributed by atoms with Crippen LogP contribution in [0.1, 0.15) is 11.1 Å². The van der Waals surface area contributed by atoms with Gasteiger partial charge in [-0.2, -0.15) is 0 Å². The van der Waals surface area contributed by atoms with Gasteiger partial charge in [-0.15, -0.1) is 0 Å². The molecule has 3 nitrogen and oxygen atoms in total. The molecule has 0 spiro atoms. The average Bonchev–Trinajstić information content (AvgIpc) is 2.90. The summed E-state index contributed by atoms with van der Waals surface area (Å²) in [5, 5.41) is 0.585. The zero-order chi connectivity index (χ0) is 13.9. The van der Waals surface area contributed by atoms with Crippen molar-refractivity contribution in [3.8, 4) is 11.5 Å². The van der Waals surface area contributed by atoms with Gasteiger partial charge in [0.15, 0.2) is 0 Å². The second kappa shape index (κ2) is 5.63. The Labute approximate surface area is 123 Å². The summed E-state index contributed by atoms with van der Waals surface area (Å²) < 4.78 is 11.2. The first kappa shape index (κ1) is 13.1. The van der Waals surface area contributed by atoms with E-state index in [0.29, 0.717) is 23.1 Å². The number of hydrogen-bond acceptors (Lipinski definition) is 3. The van der Waals surface area contributed by atoms with E-state index in [1.807, 2.05) is 6.07 Å². The fourth-order valence-electron chi connectivity index (χ4n) is 2.30. The second-order valence-electron chi connectivity index (χ2n) is 4.83. The smallest absolute Gasteiger partial charge is 0.139 e. The molecule has 104 valence electrons. The first-order chi connectivity index (χ1) is 9.72. The second-order valence-corrected chi connectivity index (χ2v) is 5.24. The lowest BCUT2D eigenvalue weighted by molar-refractivity contribution is 0.322. The van der Waals surface area contributed by atoms with E-state index < -0.39 is 0 Å². The summed E-state index contributed by atoms with van der Waals surface area (Å²) in [5.74, 6) is 1.64. The molecule has 2 N–H and O–H groups in total. The minimum Gasteiger partial charge on any atom is -0.493 e. The third kappa shape index (κ3) is 2.83. The summed E-state index contributed by atoms with van der Waals surface area (Å²) in [4.78, 5) is 0. The summed E-state index contributed by atoms with van der Waals surface area (Å²) in [6.45, 7) is 1.36. The van der Waals surface area contributed by atoms with Gasteiger partial charge in [0.2, 0.25) is 0 Å². The van der Waals surface area contributed by atoms with Crippen molar-refractivity contribution in [1.82, 2.24) is 0 Å². The van der Waals surface area contributed by atoms with Gasteiger partial charge in [-0.3, -0.25) is 0 Å². The van der Waals surface area contributed by atoms with Gasteiger partial charge in [-0.05, 0) is 29.3 Å². The van der Waals surface area contributed by atoms with Gasteiger partial charge in [0, 0.05) is 24.6 Å². The number of anilines is 1. The van der Waals surface area contributed by atoms with Gasteiger partial charge in [0.1, 0.15) is 11.5 Å². The third-order valence-electron chi connectivity index (χ3n) is 3.36. The molecule has 0 saturated heterocycles. The highest BCUT2D eigenvalue weighted by atomic mass is 35.5. The Bertz CT molecular complexity index is 628. The van der Waals surface area contributed by atoms with Crippen LogP contribution >= 0.6 is 11.6 Å². The van der Waals surface area contributed by atoms with Crippen molar-refractivity contribution in [2.24, 2.45) is 0 Å². The Morgan fingerprint density at radius 2 is 2.10 bits per heavy atom. The highest BCUT2D eigenvalue weighted by Crippen LogP contribution is 2.28. The van der Waals surface area contributed by atoms with E-state index in [9.17, 15) is 0 Å². The maximum atomic E-state index is 6.06. The van der Waals surface area contributed by atoms with Crippen molar-refractivity contribution in [2.45, 2.75) is 12.8 Å². The first-order valence-corrected chi connectivity index (χ1v) is 7.02. The summed E-state index contributed by atoms with van der Waals surface area (Å²) in [6, 6.07) is 11.6. The SMILES string of the molecule is Nc1ccc(Cl)c(OCCc2ccc3c(c2)CCO3)c1. The van der Waals surface area contributed by atoms with Crippen molar-refractivity contribution in [1.29, 1.82) is 0 Å². The van der Waals surface area contributed by atoms with Crippen LogP contribution in [-0.4, -0.2) is 13.2 Å². The Hall–Kier alpha value is -1.87. The highest BCUT2D eigenvalue weighted by Gasteiger charge is 2.12. The molecule has 0 atom stereocenters. The summed E-state index contributed by atoms with van der Waals surface area (Å²) in [5.41, 5.74) is 8.90. The van der Waals surface area contributed by atoms with E-state index >= 15 is 0 Å². The Balaban J connectivity index is 1.61. The number of benzene rings is 2. The maximum absolute atomic E-state index is 6.06. The van der Waals surface area contributed by atoms with E-state index in [-0.39, 0.29) is 0 Å². The molecule has 0 aliphatic carbocycles. The van der Waals surface area contributed by atoms with E-state index in [0.717, 1.165) is 25.2 Å². The van der Waals surface area contributed by atoms with Crippen LogP contribution in [0.15, 0.2) is 36.4 Å². The number of ether oxygens (including phenoxy) is 2. The lowest BCUT2D eigenvalue weighted by Gasteiger charge is -2.09. The molecular weight excluding hydrogens is 274 g/mol. The zero-order valence-corrected chi connectivity index (χ0v) is 11.8. The quantitative estimate of drug-likeness (QED) is 0.877. The molecule has 0 aromatic heterocycles. The van der Waals surface area contributed by atoms with E-state index in [1.165, 1.54) is 11.1 Å². The molecule has 20 heavy (non-hydrogen) atoms. The van der Waals surface area contributed by atoms with E-state index in [4.69, 9.17) is 26.8 Å². The van der Waals surface area contributed by atoms with Crippen molar-refractivity contribution in [3.05, 3.63) is 52.5 Å². The van der Waals surface area contributed by atoms with Crippen LogP contribution in [-0.2, 0) is 12.8 Å². The molecule has 0 bridgehead atoms. The molecule has 4 heteroatoms. The van der Waals surface area contributed by atoms with E-state index in [1.54, 1.807) is 18.2 Å². The molecule has 1 heterocycles. The summed E-state index contributed by atoms with van der Waals surface area (Å²) in [7, 11) is 0. The van der Waals surface area contributed by atoms with Gasteiger partial charge >= 0.3 is 0 Å². The number of rotatable bonds is 4. The molecule has 0 amide bonds. The van der Waals surface area contributed by atoms with Crippen LogP contribution in [0.4, 0.5) is 5.69 Å². The number of nitrogens with two attached hydrogens (primary N) is 1. The number of nitrogen functional groups attached to an aromatic ring is 1. The van der Waals surface area contributed by atoms with Crippen LogP contribution in [0.2, 0.25) is 5.02 Å². The van der Waals surface area contributed by atoms with Crippen LogP contribution in [0.5, 0.6) is 11.5 Å². The highest BCUT2D eigenvalue weighted by molar-refractivity contribution is 6.32. The molecule has 0 unspecified atom stereocenters. The summed E-state index contributed by atoms with van der Waals surface area (Å²) >= 11 is 6.06. The lowest BCUT2D eigenvalue weighted by atomic mass is 10.1. The van der Waals surface area contributed by atoms with E-state index in [2.05, 4.69) is 12.1 Å². The van der Waals surface area contributed by atoms with Gasteiger partial charge < -0.3 is 15.2 Å². The van der Waals surface area contributed by atoms with Crippen LogP contribution in [0, 0.1) is 0 Å². The lowest BCUT2D eigenvalue weighted by Crippen LogP contribution is -2.02. The number of fused-ring (bicyclic) bond motifs is 1. The molecule has 1 aliphatic heterocycles. The molecule has 2 aromatic carbocycles. The normalized spacial score (nSPS) is 12.8. The summed E-state index contributed by atoms with van der Waals surface area (Å²) in [6.07, 6.45) is 1.82. The van der Waals surface area contributed by atoms with Gasteiger partial charge in [-0.1, -0.05) is 23.7 Å². The maximum Gasteiger partial charge on any atom is 0.139 e. The molecular formula is C16H16ClNO2. The van der Waals surface area contributed by atoms with Gasteiger partial charge in [-0.25, -0.2) is 0 Å². The minimum absolute atomic E-state index is 0.572. The monoisotopic (exact) mass is 289 g/mol. The minimum atomic E-state index is 0.572. The number of hydrogen-bond donors (Lipinski definition) is 1. The molecule has 0 saturated carbocycles. The Morgan fingerprint density at radius 3 is 3.00 bits per heavy atom.